The third kappa shape index (κ3) is 16.8. The maximum Gasteiger partial charge on any atom is 0.256 e. The Kier molecular flexibility index (Phi) is 22.0. The van der Waals surface area contributed by atoms with E-state index in [1.807, 2.05) is 0 Å². The minimum Gasteiger partial charge on any atom is -0.234 e. The number of unbranched alkanes of at least 4 members (excludes halogenated alkanes) is 20. The Balaban J connectivity index is 2.25. The number of hydrogen-bond donors (Lipinski definition) is 0. The number of aryl methyl sites for hydroxylation is 2. The number of imidazole rings is 1. The van der Waals surface area contributed by atoms with Crippen LogP contribution in [0.15, 0.2) is 12.4 Å². The van der Waals surface area contributed by atoms with Crippen molar-refractivity contribution in [2.24, 2.45) is 0 Å². The molecule has 0 amide bonds. The molecule has 2 heteroatoms. The molecule has 0 fully saturated rings. The average molecular weight is 476 g/mol. The van der Waals surface area contributed by atoms with Gasteiger partial charge < -0.3 is 0 Å². The fourth-order valence-corrected chi connectivity index (χ4v) is 5.26. The Bertz CT molecular complexity index is 533. The van der Waals surface area contributed by atoms with Gasteiger partial charge in [-0.2, -0.15) is 0 Å². The van der Waals surface area contributed by atoms with Crippen LogP contribution >= 0.6 is 0 Å². The van der Waals surface area contributed by atoms with Gasteiger partial charge in [0.1, 0.15) is 12.4 Å². The summed E-state index contributed by atoms with van der Waals surface area (Å²) in [5, 5.41) is 0. The van der Waals surface area contributed by atoms with Crippen LogP contribution in [0.25, 0.3) is 0 Å². The van der Waals surface area contributed by atoms with E-state index in [0.717, 1.165) is 0 Å². The number of nitrogens with zero attached hydrogens (tertiary/aromatic N) is 2. The topological polar surface area (TPSA) is 8.81 Å². The lowest BCUT2D eigenvalue weighted by Gasteiger charge is -2.07. The molecule has 0 saturated carbocycles. The van der Waals surface area contributed by atoms with Gasteiger partial charge in [0.25, 0.3) is 5.82 Å². The zero-order chi connectivity index (χ0) is 24.5. The van der Waals surface area contributed by atoms with Gasteiger partial charge in [-0.15, -0.1) is 0 Å². The van der Waals surface area contributed by atoms with E-state index >= 15 is 0 Å². The summed E-state index contributed by atoms with van der Waals surface area (Å²) in [7, 11) is 0. The van der Waals surface area contributed by atoms with Crippen molar-refractivity contribution >= 4 is 0 Å². The third-order valence-electron chi connectivity index (χ3n) is 7.60. The van der Waals surface area contributed by atoms with Crippen molar-refractivity contribution in [1.82, 2.24) is 4.57 Å². The summed E-state index contributed by atoms with van der Waals surface area (Å²) in [5.41, 5.74) is 0. The van der Waals surface area contributed by atoms with Crippen molar-refractivity contribution < 1.29 is 4.57 Å². The predicted molar refractivity (Wildman–Crippen MR) is 152 cm³/mol. The normalized spacial score (nSPS) is 11.5. The molecule has 0 bridgehead atoms. The van der Waals surface area contributed by atoms with E-state index in [4.69, 9.17) is 0 Å². The van der Waals surface area contributed by atoms with Gasteiger partial charge in [0.2, 0.25) is 0 Å². The summed E-state index contributed by atoms with van der Waals surface area (Å²) in [6.45, 7) is 9.38. The highest BCUT2D eigenvalue weighted by molar-refractivity contribution is 4.84. The lowest BCUT2D eigenvalue weighted by Crippen LogP contribution is -2.37. The summed E-state index contributed by atoms with van der Waals surface area (Å²) >= 11 is 0. The molecule has 0 aliphatic carbocycles. The monoisotopic (exact) mass is 475 g/mol. The Hall–Kier alpha value is -0.790. The fourth-order valence-electron chi connectivity index (χ4n) is 5.26. The first-order valence-electron chi connectivity index (χ1n) is 15.9. The standard InChI is InChI=1S/C32H63N2/c1-4-7-10-13-15-16-17-18-19-21-23-26-29-34-31-30-33(32(34)27-24-12-9-6-3)28-25-22-20-14-11-8-5-2/h30-31H,4-29H2,1-3H3/q+1. The SMILES string of the molecule is CCCCCCCCCCCCCC[n+]1ccn(CCCCCCCCC)c1CCCCCC. The number of rotatable bonds is 26. The molecule has 0 atom stereocenters. The van der Waals surface area contributed by atoms with Gasteiger partial charge in [0.15, 0.2) is 0 Å². The largest absolute Gasteiger partial charge is 0.256 e. The number of aromatic nitrogens is 2. The van der Waals surface area contributed by atoms with E-state index in [0.29, 0.717) is 0 Å². The van der Waals surface area contributed by atoms with Crippen LogP contribution in [0.3, 0.4) is 0 Å². The van der Waals surface area contributed by atoms with Gasteiger partial charge in [0, 0.05) is 6.42 Å². The van der Waals surface area contributed by atoms with E-state index < -0.39 is 0 Å². The molecule has 34 heavy (non-hydrogen) atoms. The second kappa shape index (κ2) is 23.9. The van der Waals surface area contributed by atoms with E-state index in [-0.39, 0.29) is 0 Å². The van der Waals surface area contributed by atoms with Gasteiger partial charge in [0.05, 0.1) is 13.1 Å². The van der Waals surface area contributed by atoms with Gasteiger partial charge in [-0.25, -0.2) is 9.13 Å². The molecule has 0 radical (unpaired) electrons. The second-order valence-electron chi connectivity index (χ2n) is 10.9. The molecule has 0 spiro atoms. The summed E-state index contributed by atoms with van der Waals surface area (Å²) < 4.78 is 5.20. The van der Waals surface area contributed by atoms with Crippen molar-refractivity contribution in [3.05, 3.63) is 18.2 Å². The highest BCUT2D eigenvalue weighted by Crippen LogP contribution is 2.13. The van der Waals surface area contributed by atoms with Crippen molar-refractivity contribution in [2.75, 3.05) is 0 Å². The molecule has 1 heterocycles. The summed E-state index contributed by atoms with van der Waals surface area (Å²) in [6, 6.07) is 0. The highest BCUT2D eigenvalue weighted by Gasteiger charge is 2.16. The molecule has 0 unspecified atom stereocenters. The van der Waals surface area contributed by atoms with Crippen molar-refractivity contribution in [3.8, 4) is 0 Å². The Morgan fingerprint density at radius 3 is 1.41 bits per heavy atom. The third-order valence-corrected chi connectivity index (χ3v) is 7.60. The molecule has 1 aromatic heterocycles. The first-order chi connectivity index (χ1) is 16.8. The summed E-state index contributed by atoms with van der Waals surface area (Å²) in [4.78, 5) is 0. The Labute approximate surface area is 215 Å². The summed E-state index contributed by atoms with van der Waals surface area (Å²) in [5.74, 6) is 1.60. The maximum atomic E-state index is 2.60. The van der Waals surface area contributed by atoms with Gasteiger partial charge >= 0.3 is 0 Å². The van der Waals surface area contributed by atoms with E-state index in [1.54, 1.807) is 5.82 Å². The van der Waals surface area contributed by atoms with Crippen molar-refractivity contribution in [1.29, 1.82) is 0 Å². The molecule has 0 aromatic carbocycles. The molecule has 2 nitrogen and oxygen atoms in total. The quantitative estimate of drug-likeness (QED) is 0.0930. The molecule has 1 rings (SSSR count). The number of hydrogen-bond acceptors (Lipinski definition) is 0. The van der Waals surface area contributed by atoms with Gasteiger partial charge in [-0.1, -0.05) is 136 Å². The van der Waals surface area contributed by atoms with Crippen LogP contribution in [0.2, 0.25) is 0 Å². The van der Waals surface area contributed by atoms with Gasteiger partial charge in [-0.05, 0) is 32.1 Å². The molecule has 0 saturated heterocycles. The molecule has 0 aliphatic heterocycles. The van der Waals surface area contributed by atoms with Crippen LogP contribution in [0, 0.1) is 0 Å². The average Bonchev–Trinajstić information content (AvgIpc) is 3.23. The van der Waals surface area contributed by atoms with Crippen molar-refractivity contribution in [2.45, 2.75) is 188 Å². The Morgan fingerprint density at radius 1 is 0.500 bits per heavy atom. The Morgan fingerprint density at radius 2 is 0.912 bits per heavy atom. The van der Waals surface area contributed by atoms with Gasteiger partial charge in [-0.3, -0.25) is 0 Å². The van der Waals surface area contributed by atoms with Crippen LogP contribution in [-0.4, -0.2) is 4.57 Å². The molecule has 200 valence electrons. The summed E-state index contributed by atoms with van der Waals surface area (Å²) in [6.07, 6.45) is 38.5. The maximum absolute atomic E-state index is 2.60. The first-order valence-corrected chi connectivity index (χ1v) is 15.9. The van der Waals surface area contributed by atoms with E-state index in [1.165, 1.54) is 167 Å². The zero-order valence-electron chi connectivity index (χ0n) is 23.9. The minimum absolute atomic E-state index is 1.22. The molecule has 0 N–H and O–H groups in total. The zero-order valence-corrected chi connectivity index (χ0v) is 23.9. The van der Waals surface area contributed by atoms with Crippen LogP contribution in [0.1, 0.15) is 174 Å². The van der Waals surface area contributed by atoms with E-state index in [2.05, 4.69) is 42.3 Å². The molecule has 1 aromatic rings. The predicted octanol–water partition coefficient (Wildman–Crippen LogP) is 10.4. The first kappa shape index (κ1) is 31.2. The highest BCUT2D eigenvalue weighted by atomic mass is 15.1. The van der Waals surface area contributed by atoms with Crippen LogP contribution in [-0.2, 0) is 19.5 Å². The lowest BCUT2D eigenvalue weighted by atomic mass is 10.1. The fraction of sp³-hybridized carbons (Fsp3) is 0.906. The second-order valence-corrected chi connectivity index (χ2v) is 10.9. The van der Waals surface area contributed by atoms with E-state index in [9.17, 15) is 0 Å². The van der Waals surface area contributed by atoms with Crippen molar-refractivity contribution in [3.63, 3.8) is 0 Å². The van der Waals surface area contributed by atoms with Crippen LogP contribution in [0.5, 0.6) is 0 Å². The van der Waals surface area contributed by atoms with Crippen LogP contribution < -0.4 is 4.57 Å². The molecular weight excluding hydrogens is 412 g/mol. The smallest absolute Gasteiger partial charge is 0.234 e. The lowest BCUT2D eigenvalue weighted by molar-refractivity contribution is -0.704. The molecular formula is C32H63N2+. The minimum atomic E-state index is 1.22. The molecule has 0 aliphatic rings. The van der Waals surface area contributed by atoms with Crippen LogP contribution in [0.4, 0.5) is 0 Å².